The molecule has 1 aromatic heterocycles. The second-order valence-corrected chi connectivity index (χ2v) is 7.15. The molecule has 27 heavy (non-hydrogen) atoms. The van der Waals surface area contributed by atoms with Gasteiger partial charge >= 0.3 is 12.2 Å². The lowest BCUT2D eigenvalue weighted by Crippen LogP contribution is -2.50. The summed E-state index contributed by atoms with van der Waals surface area (Å²) >= 11 is 0. The number of piperazine rings is 1. The highest BCUT2D eigenvalue weighted by Gasteiger charge is 2.28. The number of anilines is 3. The number of rotatable bonds is 3. The van der Waals surface area contributed by atoms with Crippen LogP contribution in [0.15, 0.2) is 6.33 Å². The fourth-order valence-corrected chi connectivity index (χ4v) is 2.63. The third kappa shape index (κ3) is 5.11. The number of carbonyl (C=O) groups is 2. The molecular formula is C17H28N6O4. The van der Waals surface area contributed by atoms with E-state index >= 15 is 0 Å². The van der Waals surface area contributed by atoms with E-state index in [4.69, 9.17) is 15.2 Å². The van der Waals surface area contributed by atoms with Crippen molar-refractivity contribution in [2.24, 2.45) is 0 Å². The zero-order valence-corrected chi connectivity index (χ0v) is 16.6. The fraction of sp³-hybridized carbons (Fsp3) is 0.647. The molecule has 2 N–H and O–H groups in total. The Labute approximate surface area is 159 Å². The van der Waals surface area contributed by atoms with Crippen molar-refractivity contribution in [1.29, 1.82) is 0 Å². The summed E-state index contributed by atoms with van der Waals surface area (Å²) in [6.45, 7) is 9.56. The first kappa shape index (κ1) is 20.5. The topological polar surface area (TPSA) is 114 Å². The van der Waals surface area contributed by atoms with Crippen molar-refractivity contribution in [3.8, 4) is 0 Å². The molecule has 150 valence electrons. The standard InChI is InChI=1S/C17H28N6O4/c1-6-26-15(24)21(5)13-12(18)14(20-11-19-13)22-7-9-23(10-8-22)16(25)27-17(2,3)4/h11H,6-10,18H2,1-5H3. The van der Waals surface area contributed by atoms with Crippen LogP contribution in [-0.4, -0.2) is 72.5 Å². The van der Waals surface area contributed by atoms with E-state index in [1.807, 2.05) is 25.7 Å². The average Bonchev–Trinajstić information content (AvgIpc) is 2.60. The minimum atomic E-state index is -0.538. The fourth-order valence-electron chi connectivity index (χ4n) is 2.63. The van der Waals surface area contributed by atoms with Gasteiger partial charge in [0.25, 0.3) is 0 Å². The molecule has 1 aliphatic rings. The highest BCUT2D eigenvalue weighted by Crippen LogP contribution is 2.29. The molecule has 1 aliphatic heterocycles. The quantitative estimate of drug-likeness (QED) is 0.843. The van der Waals surface area contributed by atoms with Gasteiger partial charge in [0.15, 0.2) is 11.6 Å². The van der Waals surface area contributed by atoms with Crippen LogP contribution >= 0.6 is 0 Å². The lowest BCUT2D eigenvalue weighted by atomic mass is 10.2. The summed E-state index contributed by atoms with van der Waals surface area (Å²) in [7, 11) is 1.54. The lowest BCUT2D eigenvalue weighted by molar-refractivity contribution is 0.0240. The zero-order valence-electron chi connectivity index (χ0n) is 16.6. The lowest BCUT2D eigenvalue weighted by Gasteiger charge is -2.36. The van der Waals surface area contributed by atoms with Crippen molar-refractivity contribution in [3.05, 3.63) is 6.33 Å². The maximum absolute atomic E-state index is 12.2. The van der Waals surface area contributed by atoms with E-state index < -0.39 is 11.7 Å². The summed E-state index contributed by atoms with van der Waals surface area (Å²) in [5, 5.41) is 0. The number of amides is 2. The number of nitrogen functional groups attached to an aromatic ring is 1. The number of ether oxygens (including phenoxy) is 2. The summed E-state index contributed by atoms with van der Waals surface area (Å²) in [4.78, 5) is 37.3. The molecule has 0 unspecified atom stereocenters. The van der Waals surface area contributed by atoms with Crippen LogP contribution in [0.4, 0.5) is 26.9 Å². The van der Waals surface area contributed by atoms with Gasteiger partial charge in [0, 0.05) is 33.2 Å². The molecule has 2 amide bonds. The first-order valence-corrected chi connectivity index (χ1v) is 8.88. The molecular weight excluding hydrogens is 352 g/mol. The van der Waals surface area contributed by atoms with Crippen LogP contribution < -0.4 is 15.5 Å². The van der Waals surface area contributed by atoms with Crippen molar-refractivity contribution in [2.45, 2.75) is 33.3 Å². The number of aromatic nitrogens is 2. The van der Waals surface area contributed by atoms with Gasteiger partial charge < -0.3 is 25.0 Å². The molecule has 2 heterocycles. The van der Waals surface area contributed by atoms with Crippen LogP contribution in [0, 0.1) is 0 Å². The van der Waals surface area contributed by atoms with Crippen LogP contribution in [-0.2, 0) is 9.47 Å². The van der Waals surface area contributed by atoms with Gasteiger partial charge in [-0.3, -0.25) is 4.90 Å². The van der Waals surface area contributed by atoms with Gasteiger partial charge in [0.05, 0.1) is 6.61 Å². The Morgan fingerprint density at radius 2 is 1.85 bits per heavy atom. The normalized spacial score (nSPS) is 14.7. The number of hydrogen-bond acceptors (Lipinski definition) is 8. The van der Waals surface area contributed by atoms with Gasteiger partial charge in [-0.05, 0) is 27.7 Å². The first-order chi connectivity index (χ1) is 12.6. The van der Waals surface area contributed by atoms with Gasteiger partial charge in [-0.2, -0.15) is 0 Å². The van der Waals surface area contributed by atoms with Crippen LogP contribution in [0.25, 0.3) is 0 Å². The maximum Gasteiger partial charge on any atom is 0.415 e. The molecule has 10 nitrogen and oxygen atoms in total. The van der Waals surface area contributed by atoms with Crippen molar-refractivity contribution in [2.75, 3.05) is 55.4 Å². The predicted molar refractivity (Wildman–Crippen MR) is 102 cm³/mol. The summed E-state index contributed by atoms with van der Waals surface area (Å²) in [6.07, 6.45) is 0.487. The molecule has 2 rings (SSSR count). The largest absolute Gasteiger partial charge is 0.449 e. The Hall–Kier alpha value is -2.78. The highest BCUT2D eigenvalue weighted by molar-refractivity contribution is 5.91. The Morgan fingerprint density at radius 3 is 2.41 bits per heavy atom. The van der Waals surface area contributed by atoms with E-state index in [1.54, 1.807) is 18.9 Å². The average molecular weight is 380 g/mol. The molecule has 1 saturated heterocycles. The van der Waals surface area contributed by atoms with Crippen LogP contribution in [0.1, 0.15) is 27.7 Å². The molecule has 10 heteroatoms. The van der Waals surface area contributed by atoms with Gasteiger partial charge in [-0.15, -0.1) is 0 Å². The minimum Gasteiger partial charge on any atom is -0.449 e. The Morgan fingerprint density at radius 1 is 1.22 bits per heavy atom. The number of nitrogens with zero attached hydrogens (tertiary/aromatic N) is 5. The zero-order chi connectivity index (χ0) is 20.2. The van der Waals surface area contributed by atoms with E-state index in [9.17, 15) is 9.59 Å². The van der Waals surface area contributed by atoms with Crippen molar-refractivity contribution in [3.63, 3.8) is 0 Å². The van der Waals surface area contributed by atoms with Gasteiger partial charge in [-0.1, -0.05) is 0 Å². The summed E-state index contributed by atoms with van der Waals surface area (Å²) in [5.74, 6) is 0.813. The summed E-state index contributed by atoms with van der Waals surface area (Å²) in [5.41, 5.74) is 5.97. The minimum absolute atomic E-state index is 0.258. The molecule has 0 saturated carbocycles. The Bertz CT molecular complexity index is 682. The molecule has 1 aromatic rings. The van der Waals surface area contributed by atoms with E-state index in [-0.39, 0.29) is 18.5 Å². The smallest absolute Gasteiger partial charge is 0.415 e. The second-order valence-electron chi connectivity index (χ2n) is 7.15. The number of nitrogens with two attached hydrogens (primary N) is 1. The Kier molecular flexibility index (Phi) is 6.29. The molecule has 0 aromatic carbocycles. The van der Waals surface area contributed by atoms with Gasteiger partial charge in [0.2, 0.25) is 0 Å². The monoisotopic (exact) mass is 380 g/mol. The van der Waals surface area contributed by atoms with Crippen LogP contribution in [0.5, 0.6) is 0 Å². The predicted octanol–water partition coefficient (Wildman–Crippen LogP) is 1.71. The van der Waals surface area contributed by atoms with Crippen LogP contribution in [0.3, 0.4) is 0 Å². The van der Waals surface area contributed by atoms with Gasteiger partial charge in [-0.25, -0.2) is 19.6 Å². The van der Waals surface area contributed by atoms with Crippen molar-refractivity contribution < 1.29 is 19.1 Å². The van der Waals surface area contributed by atoms with E-state index in [0.717, 1.165) is 0 Å². The number of hydrogen-bond donors (Lipinski definition) is 1. The maximum atomic E-state index is 12.2. The van der Waals surface area contributed by atoms with Crippen molar-refractivity contribution in [1.82, 2.24) is 14.9 Å². The van der Waals surface area contributed by atoms with Crippen LogP contribution in [0.2, 0.25) is 0 Å². The molecule has 0 radical (unpaired) electrons. The first-order valence-electron chi connectivity index (χ1n) is 8.88. The summed E-state index contributed by atoms with van der Waals surface area (Å²) < 4.78 is 10.4. The molecule has 0 atom stereocenters. The van der Waals surface area contributed by atoms with Crippen molar-refractivity contribution >= 4 is 29.5 Å². The highest BCUT2D eigenvalue weighted by atomic mass is 16.6. The second kappa shape index (κ2) is 8.28. The third-order valence-electron chi connectivity index (χ3n) is 3.93. The SMILES string of the molecule is CCOC(=O)N(C)c1ncnc(N2CCN(C(=O)OC(C)(C)C)CC2)c1N. The van der Waals surface area contributed by atoms with Gasteiger partial charge in [0.1, 0.15) is 17.6 Å². The van der Waals surface area contributed by atoms with E-state index in [1.165, 1.54) is 11.2 Å². The number of carbonyl (C=O) groups excluding carboxylic acids is 2. The molecule has 0 bridgehead atoms. The molecule has 0 spiro atoms. The third-order valence-corrected chi connectivity index (χ3v) is 3.93. The van der Waals surface area contributed by atoms with E-state index in [0.29, 0.717) is 37.7 Å². The molecule has 1 fully saturated rings. The summed E-state index contributed by atoms with van der Waals surface area (Å²) in [6, 6.07) is 0. The Balaban J connectivity index is 2.07. The molecule has 0 aliphatic carbocycles. The van der Waals surface area contributed by atoms with E-state index in [2.05, 4.69) is 9.97 Å².